The number of likely N-dealkylation sites (tertiary alicyclic amines) is 1. The molecule has 1 fully saturated rings. The third-order valence-corrected chi connectivity index (χ3v) is 4.58. The van der Waals surface area contributed by atoms with E-state index in [0.717, 1.165) is 25.2 Å². The van der Waals surface area contributed by atoms with Crippen LogP contribution in [0, 0.1) is 5.92 Å². The number of hydrogen-bond donors (Lipinski definition) is 1. The molecule has 0 amide bonds. The number of halogens is 2. The Hall–Kier alpha value is -0.280. The van der Waals surface area contributed by atoms with E-state index in [1.165, 1.54) is 0 Å². The summed E-state index contributed by atoms with van der Waals surface area (Å²) < 4.78 is 0. The lowest BCUT2D eigenvalue weighted by Gasteiger charge is -2.39. The van der Waals surface area contributed by atoms with Gasteiger partial charge in [-0.25, -0.2) is 0 Å². The quantitative estimate of drug-likeness (QED) is 0.914. The average molecular weight is 302 g/mol. The van der Waals surface area contributed by atoms with Crippen LogP contribution < -0.4 is 0 Å². The molecule has 0 aromatic heterocycles. The summed E-state index contributed by atoms with van der Waals surface area (Å²) in [5, 5.41) is 11.8. The van der Waals surface area contributed by atoms with E-state index in [-0.39, 0.29) is 0 Å². The van der Waals surface area contributed by atoms with Crippen molar-refractivity contribution in [2.24, 2.45) is 5.92 Å². The van der Waals surface area contributed by atoms with Gasteiger partial charge >= 0.3 is 0 Å². The van der Waals surface area contributed by atoms with Crippen LogP contribution in [0.1, 0.15) is 32.3 Å². The van der Waals surface area contributed by atoms with Gasteiger partial charge in [-0.05, 0) is 24.8 Å². The second-order valence-electron chi connectivity index (χ2n) is 5.83. The normalized spacial score (nSPS) is 19.9. The molecule has 0 atom stereocenters. The van der Waals surface area contributed by atoms with Crippen LogP contribution in [0.2, 0.25) is 10.0 Å². The van der Waals surface area contributed by atoms with Gasteiger partial charge in [0.15, 0.2) is 0 Å². The minimum absolute atomic E-state index is 0.490. The molecule has 2 rings (SSSR count). The Bertz CT molecular complexity index is 440. The molecule has 1 aliphatic rings. The van der Waals surface area contributed by atoms with Crippen molar-refractivity contribution < 1.29 is 5.11 Å². The van der Waals surface area contributed by atoms with Crippen molar-refractivity contribution in [1.82, 2.24) is 4.90 Å². The average Bonchev–Trinajstić information content (AvgIpc) is 2.35. The van der Waals surface area contributed by atoms with Gasteiger partial charge in [-0.15, -0.1) is 0 Å². The van der Waals surface area contributed by atoms with E-state index in [1.807, 2.05) is 12.1 Å². The molecule has 0 aliphatic carbocycles. The number of nitrogens with zero attached hydrogens (tertiary/aromatic N) is 1. The first-order valence-corrected chi connectivity index (χ1v) is 7.57. The molecule has 1 aliphatic heterocycles. The smallest absolute Gasteiger partial charge is 0.0935 e. The molecule has 0 radical (unpaired) electrons. The van der Waals surface area contributed by atoms with Crippen LogP contribution in [-0.2, 0) is 5.60 Å². The molecular formula is C15H21Cl2NO. The fraction of sp³-hybridized carbons (Fsp3) is 0.600. The molecule has 1 heterocycles. The summed E-state index contributed by atoms with van der Waals surface area (Å²) in [5.74, 6) is 0.654. The third kappa shape index (κ3) is 3.43. The van der Waals surface area contributed by atoms with Gasteiger partial charge in [0.25, 0.3) is 0 Å². The lowest BCUT2D eigenvalue weighted by Crippen LogP contribution is -2.43. The summed E-state index contributed by atoms with van der Waals surface area (Å²) >= 11 is 12.3. The topological polar surface area (TPSA) is 23.5 Å². The second-order valence-corrected chi connectivity index (χ2v) is 6.61. The number of rotatable bonds is 3. The number of piperidine rings is 1. The van der Waals surface area contributed by atoms with Crippen LogP contribution in [0.15, 0.2) is 18.2 Å². The van der Waals surface area contributed by atoms with Gasteiger partial charge in [-0.1, -0.05) is 49.2 Å². The van der Waals surface area contributed by atoms with Gasteiger partial charge in [-0.3, -0.25) is 0 Å². The SMILES string of the molecule is CC(C)CN1CCC(O)(c2cccc(Cl)c2Cl)CC1. The lowest BCUT2D eigenvalue weighted by atomic mass is 9.84. The zero-order valence-corrected chi connectivity index (χ0v) is 13.0. The molecule has 0 unspecified atom stereocenters. The maximum Gasteiger partial charge on any atom is 0.0935 e. The van der Waals surface area contributed by atoms with Crippen LogP contribution in [0.3, 0.4) is 0 Å². The number of benzene rings is 1. The maximum atomic E-state index is 10.8. The first kappa shape index (κ1) is 15.1. The van der Waals surface area contributed by atoms with Gasteiger partial charge in [0.1, 0.15) is 0 Å². The van der Waals surface area contributed by atoms with E-state index in [9.17, 15) is 5.11 Å². The highest BCUT2D eigenvalue weighted by molar-refractivity contribution is 6.42. The van der Waals surface area contributed by atoms with E-state index in [4.69, 9.17) is 23.2 Å². The molecular weight excluding hydrogens is 281 g/mol. The molecule has 0 bridgehead atoms. The van der Waals surface area contributed by atoms with E-state index in [0.29, 0.717) is 28.8 Å². The van der Waals surface area contributed by atoms with E-state index < -0.39 is 5.60 Å². The number of aliphatic hydroxyl groups is 1. The summed E-state index contributed by atoms with van der Waals surface area (Å²) in [5.41, 5.74) is -0.0685. The van der Waals surface area contributed by atoms with E-state index in [1.54, 1.807) is 6.07 Å². The van der Waals surface area contributed by atoms with Crippen molar-refractivity contribution in [3.05, 3.63) is 33.8 Å². The zero-order valence-electron chi connectivity index (χ0n) is 11.5. The molecule has 0 spiro atoms. The molecule has 19 heavy (non-hydrogen) atoms. The maximum absolute atomic E-state index is 10.8. The highest BCUT2D eigenvalue weighted by Gasteiger charge is 2.35. The third-order valence-electron chi connectivity index (χ3n) is 3.76. The minimum Gasteiger partial charge on any atom is -0.385 e. The first-order valence-electron chi connectivity index (χ1n) is 6.81. The van der Waals surface area contributed by atoms with Gasteiger partial charge in [0.05, 0.1) is 15.6 Å². The monoisotopic (exact) mass is 301 g/mol. The summed E-state index contributed by atoms with van der Waals surface area (Å²) in [4.78, 5) is 2.40. The van der Waals surface area contributed by atoms with Crippen LogP contribution in [0.5, 0.6) is 0 Å². The number of hydrogen-bond acceptors (Lipinski definition) is 2. The molecule has 1 aromatic carbocycles. The van der Waals surface area contributed by atoms with Crippen molar-refractivity contribution in [2.75, 3.05) is 19.6 Å². The van der Waals surface area contributed by atoms with Crippen molar-refractivity contribution in [1.29, 1.82) is 0 Å². The molecule has 2 nitrogen and oxygen atoms in total. The van der Waals surface area contributed by atoms with Crippen molar-refractivity contribution in [3.8, 4) is 0 Å². The Kier molecular flexibility index (Phi) is 4.78. The Morgan fingerprint density at radius 1 is 1.26 bits per heavy atom. The largest absolute Gasteiger partial charge is 0.385 e. The molecule has 106 valence electrons. The highest BCUT2D eigenvalue weighted by atomic mass is 35.5. The van der Waals surface area contributed by atoms with Crippen LogP contribution >= 0.6 is 23.2 Å². The van der Waals surface area contributed by atoms with Crippen LogP contribution in [-0.4, -0.2) is 29.6 Å². The molecule has 1 saturated heterocycles. The second kappa shape index (κ2) is 6.01. The Labute approximate surface area is 125 Å². The Morgan fingerprint density at radius 3 is 2.47 bits per heavy atom. The zero-order chi connectivity index (χ0) is 14.0. The summed E-state index contributed by atoms with van der Waals surface area (Å²) in [6, 6.07) is 5.49. The van der Waals surface area contributed by atoms with Gasteiger partial charge in [0, 0.05) is 25.2 Å². The molecule has 1 aromatic rings. The highest BCUT2D eigenvalue weighted by Crippen LogP contribution is 2.39. The summed E-state index contributed by atoms with van der Waals surface area (Å²) in [7, 11) is 0. The molecule has 4 heteroatoms. The molecule has 1 N–H and O–H groups in total. The summed E-state index contributed by atoms with van der Waals surface area (Å²) in [6.45, 7) is 7.32. The van der Waals surface area contributed by atoms with Crippen molar-refractivity contribution in [3.63, 3.8) is 0 Å². The fourth-order valence-corrected chi connectivity index (χ4v) is 3.23. The van der Waals surface area contributed by atoms with Crippen LogP contribution in [0.25, 0.3) is 0 Å². The lowest BCUT2D eigenvalue weighted by molar-refractivity contribution is -0.0278. The Balaban J connectivity index is 2.11. The summed E-state index contributed by atoms with van der Waals surface area (Å²) in [6.07, 6.45) is 1.42. The minimum atomic E-state index is -0.838. The Morgan fingerprint density at radius 2 is 1.89 bits per heavy atom. The molecule has 0 saturated carbocycles. The van der Waals surface area contributed by atoms with Crippen molar-refractivity contribution in [2.45, 2.75) is 32.3 Å². The first-order chi connectivity index (χ1) is 8.92. The van der Waals surface area contributed by atoms with E-state index >= 15 is 0 Å². The van der Waals surface area contributed by atoms with Gasteiger partial charge in [-0.2, -0.15) is 0 Å². The van der Waals surface area contributed by atoms with Crippen molar-refractivity contribution >= 4 is 23.2 Å². The predicted molar refractivity (Wildman–Crippen MR) is 80.9 cm³/mol. The standard InChI is InChI=1S/C15H21Cl2NO/c1-11(2)10-18-8-6-15(19,7-9-18)12-4-3-5-13(16)14(12)17/h3-5,11,19H,6-10H2,1-2H3. The van der Waals surface area contributed by atoms with Gasteiger partial charge < -0.3 is 10.0 Å². The van der Waals surface area contributed by atoms with Crippen LogP contribution in [0.4, 0.5) is 0 Å². The predicted octanol–water partition coefficient (Wildman–Crippen LogP) is 3.93. The fourth-order valence-electron chi connectivity index (χ4n) is 2.75. The van der Waals surface area contributed by atoms with Gasteiger partial charge in [0.2, 0.25) is 0 Å². The van der Waals surface area contributed by atoms with E-state index in [2.05, 4.69) is 18.7 Å².